The van der Waals surface area contributed by atoms with Gasteiger partial charge >= 0.3 is 0 Å². The fourth-order valence-electron chi connectivity index (χ4n) is 3.38. The van der Waals surface area contributed by atoms with Gasteiger partial charge in [-0.15, -0.1) is 0 Å². The Kier molecular flexibility index (Phi) is 3.93. The molecule has 1 aromatic rings. The number of aliphatic hydroxyl groups excluding tert-OH is 1. The Morgan fingerprint density at radius 2 is 2.25 bits per heavy atom. The van der Waals surface area contributed by atoms with Gasteiger partial charge in [-0.25, -0.2) is 0 Å². The molecule has 3 rings (SSSR count). The molecule has 3 atom stereocenters. The lowest BCUT2D eigenvalue weighted by atomic mass is 9.80. The van der Waals surface area contributed by atoms with E-state index in [2.05, 4.69) is 6.92 Å². The molecule has 1 N–H and O–H groups in total. The summed E-state index contributed by atoms with van der Waals surface area (Å²) in [6.07, 6.45) is 4.23. The maximum atomic E-state index is 10.4. The Labute approximate surface area is 124 Å². The van der Waals surface area contributed by atoms with E-state index in [0.29, 0.717) is 18.1 Å². The summed E-state index contributed by atoms with van der Waals surface area (Å²) in [7, 11) is 0. The van der Waals surface area contributed by atoms with Crippen molar-refractivity contribution in [1.82, 2.24) is 0 Å². The minimum absolute atomic E-state index is 0.245. The summed E-state index contributed by atoms with van der Waals surface area (Å²) in [6, 6.07) is 5.48. The van der Waals surface area contributed by atoms with Gasteiger partial charge in [-0.3, -0.25) is 0 Å². The van der Waals surface area contributed by atoms with Gasteiger partial charge in [0.15, 0.2) is 0 Å². The van der Waals surface area contributed by atoms with Crippen LogP contribution in [0.2, 0.25) is 5.02 Å². The van der Waals surface area contributed by atoms with Crippen molar-refractivity contribution in [2.45, 2.75) is 56.8 Å². The van der Waals surface area contributed by atoms with Gasteiger partial charge in [0, 0.05) is 29.8 Å². The Morgan fingerprint density at radius 1 is 1.40 bits per heavy atom. The van der Waals surface area contributed by atoms with Crippen molar-refractivity contribution in [3.8, 4) is 5.75 Å². The van der Waals surface area contributed by atoms with Crippen molar-refractivity contribution < 1.29 is 14.6 Å². The number of hydrogen-bond donors (Lipinski definition) is 1. The summed E-state index contributed by atoms with van der Waals surface area (Å²) < 4.78 is 12.1. The Morgan fingerprint density at radius 3 is 3.05 bits per heavy atom. The van der Waals surface area contributed by atoms with Crippen molar-refractivity contribution in [3.05, 3.63) is 28.8 Å². The molecule has 1 saturated heterocycles. The van der Waals surface area contributed by atoms with Crippen molar-refractivity contribution in [3.63, 3.8) is 0 Å². The maximum Gasteiger partial charge on any atom is 0.126 e. The van der Waals surface area contributed by atoms with Crippen LogP contribution in [0.3, 0.4) is 0 Å². The van der Waals surface area contributed by atoms with Crippen LogP contribution in [0, 0.1) is 0 Å². The number of ether oxygens (including phenoxy) is 2. The van der Waals surface area contributed by atoms with E-state index >= 15 is 0 Å². The van der Waals surface area contributed by atoms with E-state index in [1.807, 2.05) is 12.1 Å². The molecule has 110 valence electrons. The highest BCUT2D eigenvalue weighted by molar-refractivity contribution is 6.30. The summed E-state index contributed by atoms with van der Waals surface area (Å²) in [5, 5.41) is 11.1. The summed E-state index contributed by atoms with van der Waals surface area (Å²) in [5.41, 5.74) is 0.528. The van der Waals surface area contributed by atoms with Gasteiger partial charge in [-0.05, 0) is 24.6 Å². The Balaban J connectivity index is 1.84. The van der Waals surface area contributed by atoms with Crippen LogP contribution in [0.4, 0.5) is 0 Å². The van der Waals surface area contributed by atoms with Crippen LogP contribution < -0.4 is 4.74 Å². The van der Waals surface area contributed by atoms with Gasteiger partial charge in [-0.2, -0.15) is 0 Å². The molecule has 1 aromatic carbocycles. The molecule has 4 heteroatoms. The zero-order chi connectivity index (χ0) is 14.2. The first kappa shape index (κ1) is 14.2. The van der Waals surface area contributed by atoms with E-state index in [9.17, 15) is 5.11 Å². The van der Waals surface area contributed by atoms with E-state index in [0.717, 1.165) is 37.0 Å². The minimum Gasteiger partial charge on any atom is -0.487 e. The average molecular weight is 297 g/mol. The predicted octanol–water partition coefficient (Wildman–Crippen LogP) is 3.87. The smallest absolute Gasteiger partial charge is 0.126 e. The maximum absolute atomic E-state index is 10.4. The van der Waals surface area contributed by atoms with E-state index in [-0.39, 0.29) is 11.7 Å². The molecular formula is C16H21ClO3. The Bertz CT molecular complexity index is 489. The van der Waals surface area contributed by atoms with E-state index in [4.69, 9.17) is 21.1 Å². The first-order valence-electron chi connectivity index (χ1n) is 7.40. The molecule has 3 nitrogen and oxygen atoms in total. The van der Waals surface area contributed by atoms with Crippen LogP contribution in [0.25, 0.3) is 0 Å². The zero-order valence-electron chi connectivity index (χ0n) is 11.8. The van der Waals surface area contributed by atoms with Gasteiger partial charge in [0.25, 0.3) is 0 Å². The number of rotatable bonds is 2. The number of aliphatic hydroxyl groups is 1. The first-order chi connectivity index (χ1) is 9.62. The monoisotopic (exact) mass is 296 g/mol. The fraction of sp³-hybridized carbons (Fsp3) is 0.625. The summed E-state index contributed by atoms with van der Waals surface area (Å²) in [4.78, 5) is 0. The molecule has 2 aliphatic rings. The highest BCUT2D eigenvalue weighted by atomic mass is 35.5. The minimum atomic E-state index is -0.502. The van der Waals surface area contributed by atoms with Gasteiger partial charge in [-0.1, -0.05) is 24.9 Å². The summed E-state index contributed by atoms with van der Waals surface area (Å²) in [5.74, 6) is 0.769. The SMILES string of the molecule is CCCC1CC2(CCO1)C[C@H](O)c1cc(Cl)ccc1O2. The van der Waals surface area contributed by atoms with Crippen LogP contribution >= 0.6 is 11.6 Å². The van der Waals surface area contributed by atoms with E-state index < -0.39 is 6.10 Å². The molecule has 0 radical (unpaired) electrons. The standard InChI is InChI=1S/C16H21ClO3/c1-2-3-12-9-16(6-7-19-12)10-14(18)13-8-11(17)4-5-15(13)20-16/h4-5,8,12,14,18H,2-3,6-7,9-10H2,1H3/t12?,14-,16?/m0/s1. The molecule has 1 fully saturated rings. The van der Waals surface area contributed by atoms with Gasteiger partial charge < -0.3 is 14.6 Å². The van der Waals surface area contributed by atoms with Crippen molar-refractivity contribution in [2.24, 2.45) is 0 Å². The molecule has 2 aliphatic heterocycles. The summed E-state index contributed by atoms with van der Waals surface area (Å²) in [6.45, 7) is 2.87. The second kappa shape index (κ2) is 5.55. The van der Waals surface area contributed by atoms with Crippen molar-refractivity contribution >= 4 is 11.6 Å². The number of hydrogen-bond acceptors (Lipinski definition) is 3. The third-order valence-electron chi connectivity index (χ3n) is 4.34. The number of halogens is 1. The molecule has 0 bridgehead atoms. The fourth-order valence-corrected chi connectivity index (χ4v) is 3.56. The van der Waals surface area contributed by atoms with Crippen LogP contribution in [0.5, 0.6) is 5.75 Å². The van der Waals surface area contributed by atoms with Crippen LogP contribution in [-0.2, 0) is 4.74 Å². The first-order valence-corrected chi connectivity index (χ1v) is 7.78. The van der Waals surface area contributed by atoms with Crippen molar-refractivity contribution in [2.75, 3.05) is 6.61 Å². The average Bonchev–Trinajstić information content (AvgIpc) is 2.40. The van der Waals surface area contributed by atoms with Crippen LogP contribution in [0.1, 0.15) is 50.7 Å². The highest BCUT2D eigenvalue weighted by Crippen LogP contribution is 2.46. The molecular weight excluding hydrogens is 276 g/mol. The van der Waals surface area contributed by atoms with Gasteiger partial charge in [0.2, 0.25) is 0 Å². The second-order valence-corrected chi connectivity index (χ2v) is 6.36. The molecule has 2 unspecified atom stereocenters. The normalized spacial score (nSPS) is 32.8. The molecule has 20 heavy (non-hydrogen) atoms. The van der Waals surface area contributed by atoms with Crippen LogP contribution in [0.15, 0.2) is 18.2 Å². The largest absolute Gasteiger partial charge is 0.487 e. The lowest BCUT2D eigenvalue weighted by Gasteiger charge is -2.45. The molecule has 0 aromatic heterocycles. The number of benzene rings is 1. The van der Waals surface area contributed by atoms with E-state index in [1.54, 1.807) is 6.07 Å². The quantitative estimate of drug-likeness (QED) is 0.900. The van der Waals surface area contributed by atoms with Gasteiger partial charge in [0.1, 0.15) is 11.4 Å². The third-order valence-corrected chi connectivity index (χ3v) is 4.58. The third kappa shape index (κ3) is 2.67. The van der Waals surface area contributed by atoms with Gasteiger partial charge in [0.05, 0.1) is 18.8 Å². The predicted molar refractivity (Wildman–Crippen MR) is 78.3 cm³/mol. The molecule has 0 saturated carbocycles. The topological polar surface area (TPSA) is 38.7 Å². The lowest BCUT2D eigenvalue weighted by Crippen LogP contribution is -2.48. The molecule has 0 aliphatic carbocycles. The zero-order valence-corrected chi connectivity index (χ0v) is 12.5. The van der Waals surface area contributed by atoms with E-state index in [1.165, 1.54) is 0 Å². The van der Waals surface area contributed by atoms with Crippen molar-refractivity contribution in [1.29, 1.82) is 0 Å². The second-order valence-electron chi connectivity index (χ2n) is 5.92. The highest BCUT2D eigenvalue weighted by Gasteiger charge is 2.44. The molecule has 0 amide bonds. The molecule has 1 spiro atoms. The lowest BCUT2D eigenvalue weighted by molar-refractivity contribution is -0.118. The Hall–Kier alpha value is -0.770. The van der Waals surface area contributed by atoms with Crippen LogP contribution in [-0.4, -0.2) is 23.4 Å². The summed E-state index contributed by atoms with van der Waals surface area (Å²) >= 11 is 6.00. The molecule has 2 heterocycles. The number of fused-ring (bicyclic) bond motifs is 1.